The van der Waals surface area contributed by atoms with Gasteiger partial charge in [-0.2, -0.15) is 5.10 Å². The summed E-state index contributed by atoms with van der Waals surface area (Å²) in [6, 6.07) is 3.95. The summed E-state index contributed by atoms with van der Waals surface area (Å²) in [5.41, 5.74) is 0.910. The zero-order chi connectivity index (χ0) is 11.7. The molecule has 0 unspecified atom stereocenters. The number of hydrogen-bond acceptors (Lipinski definition) is 2. The Morgan fingerprint density at radius 1 is 1.19 bits per heavy atom. The Labute approximate surface area is 91.5 Å². The second-order valence-electron chi connectivity index (χ2n) is 3.50. The number of halogens is 2. The zero-order valence-electron chi connectivity index (χ0n) is 8.94. The molecule has 0 saturated carbocycles. The second kappa shape index (κ2) is 3.92. The third kappa shape index (κ3) is 1.76. The van der Waals surface area contributed by atoms with E-state index in [1.54, 1.807) is 13.1 Å². The number of nitrogens with zero attached hydrogens (tertiary/aromatic N) is 1. The lowest BCUT2D eigenvalue weighted by atomic mass is 10.1. The van der Waals surface area contributed by atoms with Crippen LogP contribution in [0.25, 0.3) is 11.3 Å². The normalized spacial score (nSPS) is 10.5. The topological polar surface area (TPSA) is 40.7 Å². The predicted molar refractivity (Wildman–Crippen MR) is 58.2 cm³/mol. The van der Waals surface area contributed by atoms with Crippen molar-refractivity contribution < 1.29 is 8.78 Å². The number of nitrogens with one attached hydrogen (secondary N) is 2. The molecule has 1 aromatic heterocycles. The molecule has 84 valence electrons. The molecule has 2 rings (SSSR count). The first-order chi connectivity index (χ1) is 7.61. The van der Waals surface area contributed by atoms with E-state index in [2.05, 4.69) is 15.5 Å². The highest BCUT2D eigenvalue weighted by Gasteiger charge is 2.11. The standard InChI is InChI=1S/C11H11F2N3/c1-6-3-9(13)7(4-8(6)12)10-5-11(14-2)16-15-10/h3-5H,1-2H3,(H2,14,15,16). The van der Waals surface area contributed by atoms with E-state index in [-0.39, 0.29) is 11.1 Å². The van der Waals surface area contributed by atoms with Crippen LogP contribution in [0.4, 0.5) is 14.6 Å². The Morgan fingerprint density at radius 3 is 2.56 bits per heavy atom. The van der Waals surface area contributed by atoms with Crippen molar-refractivity contribution in [3.63, 3.8) is 0 Å². The number of benzene rings is 1. The third-order valence-electron chi connectivity index (χ3n) is 2.37. The van der Waals surface area contributed by atoms with Gasteiger partial charge in [0.15, 0.2) is 0 Å². The number of anilines is 1. The van der Waals surface area contributed by atoms with Crippen LogP contribution in [0.2, 0.25) is 0 Å². The molecule has 16 heavy (non-hydrogen) atoms. The van der Waals surface area contributed by atoms with Gasteiger partial charge in [0.25, 0.3) is 0 Å². The maximum absolute atomic E-state index is 13.6. The first-order valence-electron chi connectivity index (χ1n) is 4.81. The van der Waals surface area contributed by atoms with Crippen LogP contribution < -0.4 is 5.32 Å². The van der Waals surface area contributed by atoms with E-state index in [1.807, 2.05) is 0 Å². The fraction of sp³-hybridized carbons (Fsp3) is 0.182. The van der Waals surface area contributed by atoms with Crippen LogP contribution in [0.3, 0.4) is 0 Å². The monoisotopic (exact) mass is 223 g/mol. The van der Waals surface area contributed by atoms with E-state index in [0.29, 0.717) is 11.5 Å². The van der Waals surface area contributed by atoms with E-state index in [4.69, 9.17) is 0 Å². The molecule has 0 radical (unpaired) electrons. The molecule has 0 spiro atoms. The molecular formula is C11H11F2N3. The molecule has 2 aromatic rings. The van der Waals surface area contributed by atoms with Crippen molar-refractivity contribution in [1.82, 2.24) is 10.2 Å². The number of hydrogen-bond donors (Lipinski definition) is 2. The first-order valence-corrected chi connectivity index (χ1v) is 4.81. The van der Waals surface area contributed by atoms with Gasteiger partial charge in [-0.1, -0.05) is 0 Å². The van der Waals surface area contributed by atoms with Crippen LogP contribution in [0.15, 0.2) is 18.2 Å². The molecular weight excluding hydrogens is 212 g/mol. The average molecular weight is 223 g/mol. The molecule has 1 aromatic carbocycles. The molecule has 0 saturated heterocycles. The summed E-state index contributed by atoms with van der Waals surface area (Å²) in [6.07, 6.45) is 0. The van der Waals surface area contributed by atoms with Crippen molar-refractivity contribution in [1.29, 1.82) is 0 Å². The van der Waals surface area contributed by atoms with Crippen LogP contribution in [0.1, 0.15) is 5.56 Å². The van der Waals surface area contributed by atoms with Gasteiger partial charge in [-0.05, 0) is 24.6 Å². The molecule has 0 amide bonds. The molecule has 0 aliphatic heterocycles. The maximum Gasteiger partial charge on any atom is 0.148 e. The lowest BCUT2D eigenvalue weighted by molar-refractivity contribution is 0.594. The predicted octanol–water partition coefficient (Wildman–Crippen LogP) is 2.71. The Morgan fingerprint density at radius 2 is 1.94 bits per heavy atom. The lowest BCUT2D eigenvalue weighted by Gasteiger charge is -2.02. The number of aryl methyl sites for hydroxylation is 1. The quantitative estimate of drug-likeness (QED) is 0.821. The van der Waals surface area contributed by atoms with E-state index >= 15 is 0 Å². The van der Waals surface area contributed by atoms with Crippen LogP contribution in [0.5, 0.6) is 0 Å². The number of H-pyrrole nitrogens is 1. The fourth-order valence-corrected chi connectivity index (χ4v) is 1.44. The second-order valence-corrected chi connectivity index (χ2v) is 3.50. The van der Waals surface area contributed by atoms with E-state index in [1.165, 1.54) is 13.0 Å². The van der Waals surface area contributed by atoms with Crippen LogP contribution in [-0.4, -0.2) is 17.2 Å². The minimum absolute atomic E-state index is 0.178. The Bertz CT molecular complexity index is 520. The summed E-state index contributed by atoms with van der Waals surface area (Å²) < 4.78 is 26.9. The summed E-state index contributed by atoms with van der Waals surface area (Å²) in [4.78, 5) is 0. The molecule has 0 atom stereocenters. The third-order valence-corrected chi connectivity index (χ3v) is 2.37. The number of aromatic amines is 1. The molecule has 3 nitrogen and oxygen atoms in total. The first kappa shape index (κ1) is 10.6. The summed E-state index contributed by atoms with van der Waals surface area (Å²) in [6.45, 7) is 1.52. The maximum atomic E-state index is 13.6. The summed E-state index contributed by atoms with van der Waals surface area (Å²) in [5.74, 6) is -0.322. The molecule has 0 bridgehead atoms. The van der Waals surface area contributed by atoms with Gasteiger partial charge in [-0.15, -0.1) is 0 Å². The lowest BCUT2D eigenvalue weighted by Crippen LogP contribution is -1.90. The van der Waals surface area contributed by atoms with Gasteiger partial charge in [-0.3, -0.25) is 5.10 Å². The van der Waals surface area contributed by atoms with E-state index in [0.717, 1.165) is 6.07 Å². The summed E-state index contributed by atoms with van der Waals surface area (Å²) in [7, 11) is 1.70. The molecule has 5 heteroatoms. The highest BCUT2D eigenvalue weighted by molar-refractivity contribution is 5.63. The van der Waals surface area contributed by atoms with Crippen molar-refractivity contribution in [3.8, 4) is 11.3 Å². The van der Waals surface area contributed by atoms with Gasteiger partial charge in [0.05, 0.1) is 5.69 Å². The van der Waals surface area contributed by atoms with Gasteiger partial charge in [0.1, 0.15) is 17.5 Å². The van der Waals surface area contributed by atoms with Crippen LogP contribution in [-0.2, 0) is 0 Å². The van der Waals surface area contributed by atoms with Gasteiger partial charge in [0.2, 0.25) is 0 Å². The van der Waals surface area contributed by atoms with Gasteiger partial charge >= 0.3 is 0 Å². The molecule has 2 N–H and O–H groups in total. The van der Waals surface area contributed by atoms with Gasteiger partial charge in [-0.25, -0.2) is 8.78 Å². The Balaban J connectivity index is 2.51. The molecule has 0 aliphatic carbocycles. The number of aromatic nitrogens is 2. The SMILES string of the molecule is CNc1cc(-c2cc(F)c(C)cc2F)[nH]n1. The Hall–Kier alpha value is -1.91. The van der Waals surface area contributed by atoms with Crippen LogP contribution in [0, 0.1) is 18.6 Å². The highest BCUT2D eigenvalue weighted by atomic mass is 19.1. The number of rotatable bonds is 2. The zero-order valence-corrected chi connectivity index (χ0v) is 8.94. The highest BCUT2D eigenvalue weighted by Crippen LogP contribution is 2.25. The largest absolute Gasteiger partial charge is 0.372 e. The van der Waals surface area contributed by atoms with Crippen LogP contribution >= 0.6 is 0 Å². The molecule has 1 heterocycles. The van der Waals surface area contributed by atoms with Gasteiger partial charge in [0, 0.05) is 18.7 Å². The summed E-state index contributed by atoms with van der Waals surface area (Å²) >= 11 is 0. The Kier molecular flexibility index (Phi) is 2.60. The van der Waals surface area contributed by atoms with E-state index < -0.39 is 11.6 Å². The fourth-order valence-electron chi connectivity index (χ4n) is 1.44. The van der Waals surface area contributed by atoms with Crippen molar-refractivity contribution in [2.45, 2.75) is 6.92 Å². The minimum atomic E-state index is -0.467. The minimum Gasteiger partial charge on any atom is -0.372 e. The van der Waals surface area contributed by atoms with Gasteiger partial charge < -0.3 is 5.32 Å². The average Bonchev–Trinajstić information content (AvgIpc) is 2.71. The van der Waals surface area contributed by atoms with Crippen molar-refractivity contribution in [3.05, 3.63) is 35.4 Å². The molecule has 0 aliphatic rings. The molecule has 0 fully saturated rings. The van der Waals surface area contributed by atoms with E-state index in [9.17, 15) is 8.78 Å². The smallest absolute Gasteiger partial charge is 0.148 e. The van der Waals surface area contributed by atoms with Crippen molar-refractivity contribution in [2.24, 2.45) is 0 Å². The van der Waals surface area contributed by atoms with Crippen molar-refractivity contribution in [2.75, 3.05) is 12.4 Å². The summed E-state index contributed by atoms with van der Waals surface area (Å²) in [5, 5.41) is 9.32. The van der Waals surface area contributed by atoms with Crippen molar-refractivity contribution >= 4 is 5.82 Å².